The van der Waals surface area contributed by atoms with Crippen molar-refractivity contribution in [3.8, 4) is 11.1 Å². The van der Waals surface area contributed by atoms with Gasteiger partial charge in [-0.3, -0.25) is 9.36 Å². The predicted octanol–water partition coefficient (Wildman–Crippen LogP) is 4.46. The normalized spacial score (nSPS) is 20.8. The van der Waals surface area contributed by atoms with Crippen LogP contribution in [0.4, 0.5) is 4.39 Å². The van der Waals surface area contributed by atoms with Gasteiger partial charge in [-0.2, -0.15) is 10.1 Å². The maximum atomic E-state index is 15.9. The summed E-state index contributed by atoms with van der Waals surface area (Å²) < 4.78 is 25.5. The Morgan fingerprint density at radius 3 is 2.54 bits per heavy atom. The second-order valence-electron chi connectivity index (χ2n) is 12.8. The van der Waals surface area contributed by atoms with Gasteiger partial charge in [-0.25, -0.2) is 8.91 Å². The van der Waals surface area contributed by atoms with E-state index in [1.165, 1.54) is 12.4 Å². The number of oxime groups is 1. The number of nitrogens with one attached hydrogen (secondary N) is 1. The molecule has 2 aliphatic rings. The van der Waals surface area contributed by atoms with E-state index in [0.717, 1.165) is 25.0 Å². The lowest BCUT2D eigenvalue weighted by Gasteiger charge is -2.35. The molecule has 0 spiro atoms. The Morgan fingerprint density at radius 1 is 1.15 bits per heavy atom. The molecule has 3 heterocycles. The van der Waals surface area contributed by atoms with E-state index in [1.807, 2.05) is 44.2 Å². The summed E-state index contributed by atoms with van der Waals surface area (Å²) >= 11 is 0. The Hall–Kier alpha value is -4.13. The van der Waals surface area contributed by atoms with Crippen molar-refractivity contribution in [2.24, 2.45) is 5.16 Å². The van der Waals surface area contributed by atoms with E-state index in [9.17, 15) is 15.0 Å². The van der Waals surface area contributed by atoms with Crippen LogP contribution in [-0.2, 0) is 22.4 Å². The van der Waals surface area contributed by atoms with Crippen LogP contribution >= 0.6 is 0 Å². The van der Waals surface area contributed by atoms with Gasteiger partial charge in [0.2, 0.25) is 5.78 Å². The lowest BCUT2D eigenvalue weighted by molar-refractivity contribution is -0.118. The third-order valence-electron chi connectivity index (χ3n) is 9.13. The van der Waals surface area contributed by atoms with Crippen LogP contribution in [0.3, 0.4) is 0 Å². The highest BCUT2D eigenvalue weighted by atomic mass is 19.1. The molecule has 1 aliphatic carbocycles. The molecule has 2 aromatic heterocycles. The molecular weight excluding hydrogens is 591 g/mol. The summed E-state index contributed by atoms with van der Waals surface area (Å²) in [6.07, 6.45) is 4.30. The zero-order valence-electron chi connectivity index (χ0n) is 26.6. The monoisotopic (exact) mass is 632 g/mol. The molecule has 0 saturated heterocycles. The lowest BCUT2D eigenvalue weighted by Crippen LogP contribution is -2.40. The van der Waals surface area contributed by atoms with Crippen LogP contribution in [0, 0.1) is 5.82 Å². The Labute approximate surface area is 266 Å². The molecule has 2 unspecified atom stereocenters. The number of rotatable bonds is 10. The maximum absolute atomic E-state index is 15.9. The molecule has 0 radical (unpaired) electrons. The van der Waals surface area contributed by atoms with Gasteiger partial charge in [-0.1, -0.05) is 54.9 Å². The molecule has 4 aromatic rings. The zero-order chi connectivity index (χ0) is 32.6. The molecule has 0 amide bonds. The highest BCUT2D eigenvalue weighted by Crippen LogP contribution is 2.33. The molecule has 6 rings (SSSR count). The van der Waals surface area contributed by atoms with Gasteiger partial charge in [0.15, 0.2) is 5.84 Å². The Kier molecular flexibility index (Phi) is 8.95. The van der Waals surface area contributed by atoms with E-state index >= 15 is 4.39 Å². The average Bonchev–Trinajstić information content (AvgIpc) is 3.69. The first kappa shape index (κ1) is 31.8. The minimum Gasteiger partial charge on any atom is -0.388 e. The molecule has 2 atom stereocenters. The fourth-order valence-electron chi connectivity index (χ4n) is 6.36. The van der Waals surface area contributed by atoms with Gasteiger partial charge in [0, 0.05) is 23.6 Å². The fraction of sp³-hybridized carbons (Fsp3) is 0.471. The number of aryl methyl sites for hydroxylation is 1. The van der Waals surface area contributed by atoms with Gasteiger partial charge in [-0.05, 0) is 75.6 Å². The first-order valence-electron chi connectivity index (χ1n) is 16.0. The molecule has 244 valence electrons. The van der Waals surface area contributed by atoms with Gasteiger partial charge >= 0.3 is 6.41 Å². The van der Waals surface area contributed by atoms with E-state index in [-0.39, 0.29) is 30.2 Å². The van der Waals surface area contributed by atoms with Crippen molar-refractivity contribution in [3.63, 3.8) is 0 Å². The number of nitrogens with zero attached hydrogens (tertiary/aromatic N) is 5. The number of aliphatic hydroxyl groups is 2. The Bertz CT molecular complexity index is 1800. The second kappa shape index (κ2) is 12.9. The number of aliphatic hydroxyl groups excluding tert-OH is 1. The molecule has 1 saturated carbocycles. The van der Waals surface area contributed by atoms with Crippen molar-refractivity contribution in [1.82, 2.24) is 24.5 Å². The number of fused-ring (bicyclic) bond motifs is 1. The number of ether oxygens (including phenoxy) is 1. The molecule has 46 heavy (non-hydrogen) atoms. The summed E-state index contributed by atoms with van der Waals surface area (Å²) in [5.74, 6) is 0.415. The summed E-state index contributed by atoms with van der Waals surface area (Å²) in [5.41, 5.74) is 2.53. The molecule has 0 bridgehead atoms. The summed E-state index contributed by atoms with van der Waals surface area (Å²) in [7, 11) is 0. The van der Waals surface area contributed by atoms with Crippen molar-refractivity contribution in [2.75, 3.05) is 0 Å². The zero-order valence-corrected chi connectivity index (χ0v) is 26.6. The largest absolute Gasteiger partial charge is 0.388 e. The van der Waals surface area contributed by atoms with Gasteiger partial charge in [0.05, 0.1) is 23.5 Å². The molecule has 1 aliphatic heterocycles. The maximum Gasteiger partial charge on any atom is 0.304 e. The highest BCUT2D eigenvalue weighted by molar-refractivity contribution is 6.04. The number of halogens is 1. The average molecular weight is 633 g/mol. The number of aromatic nitrogens is 4. The number of benzene rings is 2. The summed E-state index contributed by atoms with van der Waals surface area (Å²) in [6, 6.07) is 12.2. The van der Waals surface area contributed by atoms with Crippen LogP contribution in [0.15, 0.2) is 58.7 Å². The minimum absolute atomic E-state index is 0.00652. The van der Waals surface area contributed by atoms with Crippen molar-refractivity contribution >= 4 is 11.6 Å². The van der Waals surface area contributed by atoms with E-state index in [4.69, 9.17) is 9.57 Å². The standard InChI is InChI=1S/C34H41FN6O5/c1-5-8-29-27(17-22-12-11-21(18-28(22)35)25-9-6-7-10-26(25)30-38-33(43)46-39-30)31(42)40(32-36-19-37-41(29)32)23-13-15-24(16-14-23)45-20(2)34(3,4)44/h6-7,9-12,18-20,23-24,33,43-44H,5,8,13-17H2,1-4H3,(H,38,39)/t20?,23-,24-,33?. The van der Waals surface area contributed by atoms with Gasteiger partial charge in [-0.15, -0.1) is 0 Å². The van der Waals surface area contributed by atoms with Crippen LogP contribution in [0.1, 0.15) is 88.2 Å². The SMILES string of the molecule is CCCc1c(Cc2ccc(-c3ccccc3C3=NOC(O)N3)cc2F)c(=O)n([C@H]2CC[C@H](OC(C)C(C)(C)O)CC2)c2ncnn12. The molecule has 1 fully saturated rings. The van der Waals surface area contributed by atoms with E-state index < -0.39 is 17.8 Å². The molecule has 11 nitrogen and oxygen atoms in total. The highest BCUT2D eigenvalue weighted by Gasteiger charge is 2.32. The summed E-state index contributed by atoms with van der Waals surface area (Å²) in [5, 5.41) is 31.2. The van der Waals surface area contributed by atoms with Crippen LogP contribution < -0.4 is 10.9 Å². The minimum atomic E-state index is -1.24. The van der Waals surface area contributed by atoms with E-state index in [2.05, 4.69) is 20.6 Å². The lowest BCUT2D eigenvalue weighted by atomic mass is 9.91. The molecule has 3 N–H and O–H groups in total. The topological polar surface area (TPSA) is 136 Å². The van der Waals surface area contributed by atoms with Crippen LogP contribution in [0.2, 0.25) is 0 Å². The van der Waals surface area contributed by atoms with Gasteiger partial charge in [0.1, 0.15) is 12.1 Å². The Balaban J connectivity index is 1.31. The van der Waals surface area contributed by atoms with Gasteiger partial charge in [0.25, 0.3) is 5.56 Å². The van der Waals surface area contributed by atoms with Crippen LogP contribution in [-0.4, -0.2) is 59.4 Å². The number of amidine groups is 1. The molecule has 2 aromatic carbocycles. The van der Waals surface area contributed by atoms with E-state index in [1.54, 1.807) is 29.0 Å². The number of hydrogen-bond donors (Lipinski definition) is 3. The first-order valence-corrected chi connectivity index (χ1v) is 16.0. The third-order valence-corrected chi connectivity index (χ3v) is 9.13. The smallest absolute Gasteiger partial charge is 0.304 e. The van der Waals surface area contributed by atoms with Crippen molar-refractivity contribution in [1.29, 1.82) is 0 Å². The quantitative estimate of drug-likeness (QED) is 0.233. The van der Waals surface area contributed by atoms with Crippen molar-refractivity contribution < 1.29 is 24.2 Å². The van der Waals surface area contributed by atoms with E-state index in [0.29, 0.717) is 58.7 Å². The van der Waals surface area contributed by atoms with Crippen LogP contribution in [0.25, 0.3) is 16.9 Å². The second-order valence-corrected chi connectivity index (χ2v) is 12.8. The summed E-state index contributed by atoms with van der Waals surface area (Å²) in [4.78, 5) is 23.7. The first-order chi connectivity index (χ1) is 22.0. The van der Waals surface area contributed by atoms with Gasteiger partial charge < -0.3 is 25.1 Å². The number of hydrogen-bond acceptors (Lipinski definition) is 9. The fourth-order valence-corrected chi connectivity index (χ4v) is 6.36. The Morgan fingerprint density at radius 2 is 1.89 bits per heavy atom. The van der Waals surface area contributed by atoms with Crippen molar-refractivity contribution in [2.45, 2.75) is 103 Å². The molecule has 12 heteroatoms. The van der Waals surface area contributed by atoms with Crippen molar-refractivity contribution in [3.05, 3.63) is 87.3 Å². The molecular formula is C34H41FN6O5. The third kappa shape index (κ3) is 6.29. The predicted molar refractivity (Wildman–Crippen MR) is 171 cm³/mol. The summed E-state index contributed by atoms with van der Waals surface area (Å²) in [6.45, 7) is 7.39. The van der Waals surface area contributed by atoms with Crippen LogP contribution in [0.5, 0.6) is 0 Å².